The largest absolute Gasteiger partial charge is 0.331 e. The van der Waals surface area contributed by atoms with Gasteiger partial charge in [0.2, 0.25) is 0 Å². The van der Waals surface area contributed by atoms with Crippen molar-refractivity contribution in [1.29, 1.82) is 0 Å². The lowest BCUT2D eigenvalue weighted by molar-refractivity contribution is 0.0736. The number of rotatable bonds is 2. The first-order valence-electron chi connectivity index (χ1n) is 6.18. The van der Waals surface area contributed by atoms with Crippen molar-refractivity contribution in [3.63, 3.8) is 0 Å². The standard InChI is InChI=1S/C13H14BrN3OS/c1-16-7-10(6-15-16)11-3-2-4-17(11)13(18)9-5-12(14)19-8-9/h5-8,11H,2-4H2,1H3/t11-/m0/s1. The minimum Gasteiger partial charge on any atom is -0.331 e. The van der Waals surface area contributed by atoms with Crippen LogP contribution in [0, 0.1) is 0 Å². The summed E-state index contributed by atoms with van der Waals surface area (Å²) in [5, 5.41) is 6.11. The molecular formula is C13H14BrN3OS. The molecule has 1 saturated heterocycles. The molecule has 0 radical (unpaired) electrons. The molecule has 19 heavy (non-hydrogen) atoms. The molecule has 3 rings (SSSR count). The number of nitrogens with zero attached hydrogens (tertiary/aromatic N) is 3. The molecule has 0 bridgehead atoms. The molecule has 0 spiro atoms. The maximum atomic E-state index is 12.5. The fraction of sp³-hybridized carbons (Fsp3) is 0.385. The molecule has 0 unspecified atom stereocenters. The van der Waals surface area contributed by atoms with Gasteiger partial charge in [-0.05, 0) is 34.8 Å². The summed E-state index contributed by atoms with van der Waals surface area (Å²) in [7, 11) is 1.90. The van der Waals surface area contributed by atoms with Crippen LogP contribution in [0.5, 0.6) is 0 Å². The summed E-state index contributed by atoms with van der Waals surface area (Å²) in [5.41, 5.74) is 1.90. The zero-order valence-electron chi connectivity index (χ0n) is 10.5. The third kappa shape index (κ3) is 2.47. The van der Waals surface area contributed by atoms with Crippen molar-refractivity contribution in [2.24, 2.45) is 7.05 Å². The molecular weight excluding hydrogens is 326 g/mol. The van der Waals surface area contributed by atoms with Crippen LogP contribution in [0.25, 0.3) is 0 Å². The number of thiophene rings is 1. The average Bonchev–Trinajstić information content (AvgIpc) is 3.07. The summed E-state index contributed by atoms with van der Waals surface area (Å²) in [6.45, 7) is 0.825. The van der Waals surface area contributed by atoms with Gasteiger partial charge < -0.3 is 4.90 Å². The minimum absolute atomic E-state index is 0.119. The lowest BCUT2D eigenvalue weighted by Gasteiger charge is -2.23. The number of carbonyl (C=O) groups excluding carboxylic acids is 1. The minimum atomic E-state index is 0.119. The normalized spacial score (nSPS) is 19.1. The van der Waals surface area contributed by atoms with Crippen molar-refractivity contribution >= 4 is 33.2 Å². The summed E-state index contributed by atoms with van der Waals surface area (Å²) in [6, 6.07) is 2.06. The Morgan fingerprint density at radius 1 is 1.58 bits per heavy atom. The maximum absolute atomic E-state index is 12.5. The van der Waals surface area contributed by atoms with Crippen LogP contribution in [0.1, 0.15) is 34.8 Å². The van der Waals surface area contributed by atoms with Gasteiger partial charge in [0.1, 0.15) is 0 Å². The Morgan fingerprint density at radius 2 is 2.42 bits per heavy atom. The van der Waals surface area contributed by atoms with E-state index in [2.05, 4.69) is 21.0 Å². The van der Waals surface area contributed by atoms with E-state index in [0.717, 1.165) is 34.3 Å². The van der Waals surface area contributed by atoms with Gasteiger partial charge in [-0.25, -0.2) is 0 Å². The second-order valence-corrected chi connectivity index (χ2v) is 7.03. The van der Waals surface area contributed by atoms with E-state index < -0.39 is 0 Å². The average molecular weight is 340 g/mol. The van der Waals surface area contributed by atoms with E-state index in [1.807, 2.05) is 35.8 Å². The van der Waals surface area contributed by atoms with Gasteiger partial charge in [-0.15, -0.1) is 11.3 Å². The summed E-state index contributed by atoms with van der Waals surface area (Å²) in [6.07, 6.45) is 5.93. The van der Waals surface area contributed by atoms with Crippen molar-refractivity contribution in [1.82, 2.24) is 14.7 Å². The highest BCUT2D eigenvalue weighted by molar-refractivity contribution is 9.11. The van der Waals surface area contributed by atoms with Gasteiger partial charge >= 0.3 is 0 Å². The number of likely N-dealkylation sites (tertiary alicyclic amines) is 1. The fourth-order valence-corrected chi connectivity index (χ4v) is 3.69. The van der Waals surface area contributed by atoms with Gasteiger partial charge in [-0.3, -0.25) is 9.48 Å². The lowest BCUT2D eigenvalue weighted by atomic mass is 10.1. The zero-order valence-corrected chi connectivity index (χ0v) is 12.9. The Hall–Kier alpha value is -1.14. The zero-order chi connectivity index (χ0) is 13.4. The third-order valence-corrected chi connectivity index (χ3v) is 4.94. The van der Waals surface area contributed by atoms with E-state index in [-0.39, 0.29) is 11.9 Å². The predicted molar refractivity (Wildman–Crippen MR) is 78.2 cm³/mol. The Labute approximate surface area is 124 Å². The van der Waals surface area contributed by atoms with E-state index in [1.54, 1.807) is 16.0 Å². The molecule has 1 aliphatic rings. The molecule has 1 atom stereocenters. The topological polar surface area (TPSA) is 38.1 Å². The molecule has 1 amide bonds. The van der Waals surface area contributed by atoms with Crippen LogP contribution >= 0.6 is 27.3 Å². The molecule has 1 aliphatic heterocycles. The van der Waals surface area contributed by atoms with Crippen LogP contribution in [0.15, 0.2) is 27.6 Å². The van der Waals surface area contributed by atoms with Crippen molar-refractivity contribution in [3.8, 4) is 0 Å². The number of hydrogen-bond acceptors (Lipinski definition) is 3. The summed E-state index contributed by atoms with van der Waals surface area (Å²) < 4.78 is 2.78. The maximum Gasteiger partial charge on any atom is 0.255 e. The van der Waals surface area contributed by atoms with Gasteiger partial charge in [0, 0.05) is 30.7 Å². The van der Waals surface area contributed by atoms with Gasteiger partial charge in [-0.2, -0.15) is 5.10 Å². The van der Waals surface area contributed by atoms with E-state index >= 15 is 0 Å². The molecule has 0 N–H and O–H groups in total. The summed E-state index contributed by atoms with van der Waals surface area (Å²) in [4.78, 5) is 14.5. The van der Waals surface area contributed by atoms with Crippen molar-refractivity contribution in [2.75, 3.05) is 6.54 Å². The number of amides is 1. The Balaban J connectivity index is 1.85. The van der Waals surface area contributed by atoms with E-state index in [4.69, 9.17) is 0 Å². The smallest absolute Gasteiger partial charge is 0.255 e. The number of carbonyl (C=O) groups is 1. The number of halogens is 1. The highest BCUT2D eigenvalue weighted by Crippen LogP contribution is 2.33. The molecule has 2 aromatic heterocycles. The molecule has 0 saturated carbocycles. The molecule has 0 aromatic carbocycles. The van der Waals surface area contributed by atoms with Gasteiger partial charge in [-0.1, -0.05) is 0 Å². The number of hydrogen-bond donors (Lipinski definition) is 0. The van der Waals surface area contributed by atoms with Gasteiger partial charge in [0.15, 0.2) is 0 Å². The van der Waals surface area contributed by atoms with Crippen molar-refractivity contribution in [3.05, 3.63) is 38.8 Å². The third-order valence-electron chi connectivity index (χ3n) is 3.44. The summed E-state index contributed by atoms with van der Waals surface area (Å²) in [5.74, 6) is 0.119. The monoisotopic (exact) mass is 339 g/mol. The molecule has 2 aromatic rings. The molecule has 6 heteroatoms. The van der Waals surface area contributed by atoms with E-state index in [0.29, 0.717) is 0 Å². The molecule has 100 valence electrons. The lowest BCUT2D eigenvalue weighted by Crippen LogP contribution is -2.30. The molecule has 0 aliphatic carbocycles. The summed E-state index contributed by atoms with van der Waals surface area (Å²) >= 11 is 4.95. The van der Waals surface area contributed by atoms with Crippen LogP contribution in [0.2, 0.25) is 0 Å². The van der Waals surface area contributed by atoms with E-state index in [1.165, 1.54) is 0 Å². The van der Waals surface area contributed by atoms with Crippen molar-refractivity contribution < 1.29 is 4.79 Å². The number of aromatic nitrogens is 2. The molecule has 3 heterocycles. The van der Waals surface area contributed by atoms with Crippen LogP contribution in [0.4, 0.5) is 0 Å². The fourth-order valence-electron chi connectivity index (χ4n) is 2.56. The quantitative estimate of drug-likeness (QED) is 0.842. The van der Waals surface area contributed by atoms with E-state index in [9.17, 15) is 4.79 Å². The first-order chi connectivity index (χ1) is 9.15. The molecule has 4 nitrogen and oxygen atoms in total. The Bertz CT molecular complexity index is 607. The second kappa shape index (κ2) is 5.09. The first-order valence-corrected chi connectivity index (χ1v) is 7.86. The van der Waals surface area contributed by atoms with Gasteiger partial charge in [0.05, 0.1) is 21.6 Å². The predicted octanol–water partition coefficient (Wildman–Crippen LogP) is 3.22. The number of aryl methyl sites for hydroxylation is 1. The Kier molecular flexibility index (Phi) is 3.45. The van der Waals surface area contributed by atoms with Crippen LogP contribution < -0.4 is 0 Å². The van der Waals surface area contributed by atoms with Crippen LogP contribution in [0.3, 0.4) is 0 Å². The second-order valence-electron chi connectivity index (χ2n) is 4.74. The highest BCUT2D eigenvalue weighted by atomic mass is 79.9. The Morgan fingerprint density at radius 3 is 3.05 bits per heavy atom. The van der Waals surface area contributed by atoms with Crippen LogP contribution in [-0.2, 0) is 7.05 Å². The van der Waals surface area contributed by atoms with Gasteiger partial charge in [0.25, 0.3) is 5.91 Å². The first kappa shape index (κ1) is 12.9. The molecule has 1 fully saturated rings. The SMILES string of the molecule is Cn1cc([C@@H]2CCCN2C(=O)c2csc(Br)c2)cn1. The van der Waals surface area contributed by atoms with Crippen LogP contribution in [-0.4, -0.2) is 27.1 Å². The van der Waals surface area contributed by atoms with Crippen molar-refractivity contribution in [2.45, 2.75) is 18.9 Å². The highest BCUT2D eigenvalue weighted by Gasteiger charge is 2.31.